The fourth-order valence-corrected chi connectivity index (χ4v) is 2.77. The Labute approximate surface area is 172 Å². The number of rotatable bonds is 5. The van der Waals surface area contributed by atoms with E-state index in [0.717, 1.165) is 20.8 Å². The van der Waals surface area contributed by atoms with E-state index in [-0.39, 0.29) is 23.5 Å². The van der Waals surface area contributed by atoms with Crippen LogP contribution in [0, 0.1) is 21.4 Å². The van der Waals surface area contributed by atoms with Crippen molar-refractivity contribution in [1.29, 1.82) is 5.26 Å². The lowest BCUT2D eigenvalue weighted by molar-refractivity contribution is -0.384. The van der Waals surface area contributed by atoms with Crippen LogP contribution in [-0.4, -0.2) is 20.6 Å². The number of hydrogen-bond donors (Lipinski definition) is 1. The maximum Gasteiger partial charge on any atom is 0.270 e. The van der Waals surface area contributed by atoms with E-state index in [2.05, 4.69) is 26.3 Å². The Hall–Kier alpha value is -3.84. The molecule has 0 atom stereocenters. The largest absolute Gasteiger partial charge is 0.323 e. The van der Waals surface area contributed by atoms with Crippen LogP contribution in [0.1, 0.15) is 5.56 Å². The van der Waals surface area contributed by atoms with Crippen LogP contribution >= 0.6 is 15.9 Å². The topological polar surface area (TPSA) is 131 Å². The maximum absolute atomic E-state index is 12.4. The summed E-state index contributed by atoms with van der Waals surface area (Å²) in [6.45, 7) is -0.384. The molecule has 2 aromatic carbocycles. The zero-order valence-corrected chi connectivity index (χ0v) is 16.3. The van der Waals surface area contributed by atoms with Gasteiger partial charge in [-0.15, -0.1) is 0 Å². The average Bonchev–Trinajstić information content (AvgIpc) is 2.70. The van der Waals surface area contributed by atoms with Crippen LogP contribution in [0.2, 0.25) is 0 Å². The van der Waals surface area contributed by atoms with Crippen molar-refractivity contribution in [3.05, 3.63) is 85.1 Å². The number of nitriles is 1. The summed E-state index contributed by atoms with van der Waals surface area (Å²) < 4.78 is 1.90. The first-order valence-corrected chi connectivity index (χ1v) is 8.99. The number of nitro benzene ring substituents is 1. The third kappa shape index (κ3) is 4.72. The molecule has 1 amide bonds. The smallest absolute Gasteiger partial charge is 0.270 e. The summed E-state index contributed by atoms with van der Waals surface area (Å²) in [7, 11) is 0. The van der Waals surface area contributed by atoms with Gasteiger partial charge in [0, 0.05) is 28.2 Å². The standard InChI is InChI=1S/C19H12BrN5O4/c20-14-3-1-12(2-4-14)17-7-8-19(27)24(23-17)11-18(26)22-16-6-5-15(25(28)29)9-13(16)10-21/h1-9H,11H2,(H,22,26). The van der Waals surface area contributed by atoms with E-state index in [1.54, 1.807) is 12.1 Å². The van der Waals surface area contributed by atoms with Gasteiger partial charge >= 0.3 is 0 Å². The van der Waals surface area contributed by atoms with Crippen LogP contribution in [0.25, 0.3) is 11.3 Å². The Morgan fingerprint density at radius 3 is 2.59 bits per heavy atom. The van der Waals surface area contributed by atoms with Gasteiger partial charge in [0.25, 0.3) is 11.2 Å². The second-order valence-corrected chi connectivity index (χ2v) is 6.78. The molecule has 0 bridgehead atoms. The first kappa shape index (κ1) is 19.9. The highest BCUT2D eigenvalue weighted by atomic mass is 79.9. The van der Waals surface area contributed by atoms with Crippen LogP contribution in [0.4, 0.5) is 11.4 Å². The molecule has 0 saturated carbocycles. The molecule has 0 aliphatic rings. The Balaban J connectivity index is 1.82. The molecule has 3 aromatic rings. The second kappa shape index (κ2) is 8.45. The predicted octanol–water partition coefficient (Wildman–Crippen LogP) is 3.09. The van der Waals surface area contributed by atoms with Gasteiger partial charge in [-0.05, 0) is 24.3 Å². The number of nitro groups is 1. The Morgan fingerprint density at radius 2 is 1.93 bits per heavy atom. The predicted molar refractivity (Wildman–Crippen MR) is 108 cm³/mol. The van der Waals surface area contributed by atoms with E-state index >= 15 is 0 Å². The van der Waals surface area contributed by atoms with Crippen LogP contribution in [0.15, 0.2) is 63.9 Å². The molecule has 29 heavy (non-hydrogen) atoms. The third-order valence-electron chi connectivity index (χ3n) is 3.91. The van der Waals surface area contributed by atoms with Crippen molar-refractivity contribution in [2.75, 3.05) is 5.32 Å². The molecular formula is C19H12BrN5O4. The molecule has 0 saturated heterocycles. The minimum absolute atomic E-state index is 0.0588. The van der Waals surface area contributed by atoms with Gasteiger partial charge in [-0.2, -0.15) is 10.4 Å². The zero-order chi connectivity index (χ0) is 21.0. The summed E-state index contributed by atoms with van der Waals surface area (Å²) in [4.78, 5) is 34.6. The van der Waals surface area contributed by atoms with Gasteiger partial charge in [0.15, 0.2) is 0 Å². The summed E-state index contributed by atoms with van der Waals surface area (Å²) in [6, 6.07) is 15.5. The zero-order valence-electron chi connectivity index (χ0n) is 14.7. The molecule has 1 heterocycles. The molecule has 0 unspecified atom stereocenters. The number of anilines is 1. The van der Waals surface area contributed by atoms with Crippen molar-refractivity contribution in [2.24, 2.45) is 0 Å². The lowest BCUT2D eigenvalue weighted by Crippen LogP contribution is -2.29. The fraction of sp³-hybridized carbons (Fsp3) is 0.0526. The highest BCUT2D eigenvalue weighted by Gasteiger charge is 2.14. The minimum Gasteiger partial charge on any atom is -0.323 e. The highest BCUT2D eigenvalue weighted by molar-refractivity contribution is 9.10. The molecule has 0 aliphatic carbocycles. The molecule has 3 rings (SSSR count). The summed E-state index contributed by atoms with van der Waals surface area (Å²) in [5.41, 5.74) is 0.601. The lowest BCUT2D eigenvalue weighted by atomic mass is 10.1. The Kier molecular flexibility index (Phi) is 5.80. The monoisotopic (exact) mass is 453 g/mol. The van der Waals surface area contributed by atoms with Crippen LogP contribution < -0.4 is 10.9 Å². The second-order valence-electron chi connectivity index (χ2n) is 5.87. The van der Waals surface area contributed by atoms with Crippen molar-refractivity contribution < 1.29 is 9.72 Å². The summed E-state index contributed by atoms with van der Waals surface area (Å²) in [6.07, 6.45) is 0. The van der Waals surface area contributed by atoms with Crippen LogP contribution in [0.5, 0.6) is 0 Å². The lowest BCUT2D eigenvalue weighted by Gasteiger charge is -2.09. The molecule has 0 aliphatic heterocycles. The summed E-state index contributed by atoms with van der Waals surface area (Å²) >= 11 is 3.34. The van der Waals surface area contributed by atoms with Crippen molar-refractivity contribution >= 4 is 33.2 Å². The highest BCUT2D eigenvalue weighted by Crippen LogP contribution is 2.22. The first-order valence-electron chi connectivity index (χ1n) is 8.20. The van der Waals surface area contributed by atoms with Gasteiger partial charge in [-0.25, -0.2) is 4.68 Å². The first-order chi connectivity index (χ1) is 13.9. The summed E-state index contributed by atoms with van der Waals surface area (Å²) in [5.74, 6) is -0.599. The van der Waals surface area contributed by atoms with Crippen LogP contribution in [0.3, 0.4) is 0 Å². The number of aromatic nitrogens is 2. The van der Waals surface area contributed by atoms with E-state index in [1.165, 1.54) is 18.2 Å². The number of non-ortho nitro benzene ring substituents is 1. The molecule has 9 nitrogen and oxygen atoms in total. The number of benzene rings is 2. The minimum atomic E-state index is -0.635. The third-order valence-corrected chi connectivity index (χ3v) is 4.44. The van der Waals surface area contributed by atoms with E-state index in [9.17, 15) is 19.7 Å². The van der Waals surface area contributed by atoms with Gasteiger partial charge in [0.05, 0.1) is 21.9 Å². The van der Waals surface area contributed by atoms with Gasteiger partial charge < -0.3 is 5.32 Å². The SMILES string of the molecule is N#Cc1cc([N+](=O)[O-])ccc1NC(=O)Cn1nc(-c2ccc(Br)cc2)ccc1=O. The van der Waals surface area contributed by atoms with E-state index in [1.807, 2.05) is 24.3 Å². The van der Waals surface area contributed by atoms with E-state index in [4.69, 9.17) is 5.26 Å². The van der Waals surface area contributed by atoms with Crippen LogP contribution in [-0.2, 0) is 11.3 Å². The van der Waals surface area contributed by atoms with Crippen molar-refractivity contribution in [1.82, 2.24) is 9.78 Å². The molecule has 0 spiro atoms. The van der Waals surface area contributed by atoms with E-state index < -0.39 is 16.4 Å². The number of carbonyl (C=O) groups is 1. The fourth-order valence-electron chi connectivity index (χ4n) is 2.51. The van der Waals surface area contributed by atoms with Crippen molar-refractivity contribution in [2.45, 2.75) is 6.54 Å². The normalized spacial score (nSPS) is 10.2. The van der Waals surface area contributed by atoms with Crippen molar-refractivity contribution in [3.8, 4) is 17.3 Å². The molecule has 1 aromatic heterocycles. The number of nitrogens with zero attached hydrogens (tertiary/aromatic N) is 4. The summed E-state index contributed by atoms with van der Waals surface area (Å²) in [5, 5.41) is 26.7. The molecule has 1 N–H and O–H groups in total. The number of amides is 1. The number of nitrogens with one attached hydrogen (secondary N) is 1. The number of halogens is 1. The van der Waals surface area contributed by atoms with Gasteiger partial charge in [0.2, 0.25) is 5.91 Å². The van der Waals surface area contributed by atoms with Gasteiger partial charge in [0.1, 0.15) is 12.6 Å². The molecule has 0 fully saturated rings. The Bertz CT molecular complexity index is 1200. The molecular weight excluding hydrogens is 442 g/mol. The molecule has 0 radical (unpaired) electrons. The number of carbonyl (C=O) groups excluding carboxylic acids is 1. The maximum atomic E-state index is 12.4. The van der Waals surface area contributed by atoms with Crippen molar-refractivity contribution in [3.63, 3.8) is 0 Å². The molecule has 10 heteroatoms. The average molecular weight is 454 g/mol. The van der Waals surface area contributed by atoms with Gasteiger partial charge in [-0.1, -0.05) is 28.1 Å². The quantitative estimate of drug-likeness (QED) is 0.466. The number of hydrogen-bond acceptors (Lipinski definition) is 6. The van der Waals surface area contributed by atoms with E-state index in [0.29, 0.717) is 5.69 Å². The molecule has 144 valence electrons. The Morgan fingerprint density at radius 1 is 1.21 bits per heavy atom. The van der Waals surface area contributed by atoms with Gasteiger partial charge in [-0.3, -0.25) is 19.7 Å².